The van der Waals surface area contributed by atoms with Gasteiger partial charge in [-0.1, -0.05) is 12.1 Å². The lowest BCUT2D eigenvalue weighted by molar-refractivity contribution is 0.0505. The summed E-state index contributed by atoms with van der Waals surface area (Å²) in [5, 5.41) is 7.91. The second kappa shape index (κ2) is 6.81. The normalized spacial score (nSPS) is 10.5. The third kappa shape index (κ3) is 3.21. The van der Waals surface area contributed by atoms with Crippen molar-refractivity contribution in [3.8, 4) is 5.69 Å². The molecule has 0 fully saturated rings. The monoisotopic (exact) mass is 274 g/mol. The van der Waals surface area contributed by atoms with Gasteiger partial charge >= 0.3 is 5.97 Å². The summed E-state index contributed by atoms with van der Waals surface area (Å²) in [6.07, 6.45) is 3.20. The van der Waals surface area contributed by atoms with Crippen molar-refractivity contribution in [3.63, 3.8) is 0 Å². The molecular formula is C14H18N4O2. The molecule has 6 heteroatoms. The smallest absolute Gasteiger partial charge is 0.338 e. The molecule has 0 saturated heterocycles. The highest BCUT2D eigenvalue weighted by molar-refractivity contribution is 5.89. The van der Waals surface area contributed by atoms with Crippen LogP contribution in [0.1, 0.15) is 29.4 Å². The zero-order valence-corrected chi connectivity index (χ0v) is 11.5. The average molecular weight is 274 g/mol. The van der Waals surface area contributed by atoms with Crippen LogP contribution in [0.15, 0.2) is 30.5 Å². The van der Waals surface area contributed by atoms with Crippen LogP contribution in [0.25, 0.3) is 5.69 Å². The fraction of sp³-hybridized carbons (Fsp3) is 0.357. The lowest BCUT2D eigenvalue weighted by Gasteiger charge is -2.07. The van der Waals surface area contributed by atoms with Crippen molar-refractivity contribution in [1.82, 2.24) is 15.0 Å². The highest BCUT2D eigenvalue weighted by atomic mass is 16.5. The van der Waals surface area contributed by atoms with Crippen molar-refractivity contribution in [2.75, 3.05) is 13.2 Å². The number of aromatic nitrogens is 3. The molecule has 6 nitrogen and oxygen atoms in total. The maximum Gasteiger partial charge on any atom is 0.338 e. The second-order valence-corrected chi connectivity index (χ2v) is 4.36. The Morgan fingerprint density at radius 2 is 2.10 bits per heavy atom. The van der Waals surface area contributed by atoms with Crippen LogP contribution in [0.4, 0.5) is 0 Å². The molecule has 0 unspecified atom stereocenters. The van der Waals surface area contributed by atoms with E-state index in [2.05, 4.69) is 10.3 Å². The molecular weight excluding hydrogens is 256 g/mol. The molecule has 2 rings (SSSR count). The first-order chi connectivity index (χ1) is 9.76. The third-order valence-electron chi connectivity index (χ3n) is 2.81. The Balaban J connectivity index is 2.15. The highest BCUT2D eigenvalue weighted by Gasteiger charge is 2.09. The van der Waals surface area contributed by atoms with Crippen molar-refractivity contribution in [1.29, 1.82) is 0 Å². The molecule has 1 heterocycles. The highest BCUT2D eigenvalue weighted by Crippen LogP contribution is 2.12. The van der Waals surface area contributed by atoms with Crippen LogP contribution >= 0.6 is 0 Å². The molecule has 0 saturated carbocycles. The molecule has 1 aromatic heterocycles. The van der Waals surface area contributed by atoms with E-state index in [0.717, 1.165) is 17.8 Å². The van der Waals surface area contributed by atoms with Crippen molar-refractivity contribution >= 4 is 5.97 Å². The Kier molecular flexibility index (Phi) is 4.84. The maximum atomic E-state index is 11.7. The van der Waals surface area contributed by atoms with Gasteiger partial charge in [-0.2, -0.15) is 0 Å². The van der Waals surface area contributed by atoms with E-state index >= 15 is 0 Å². The summed E-state index contributed by atoms with van der Waals surface area (Å²) < 4.78 is 6.80. The van der Waals surface area contributed by atoms with Crippen LogP contribution in [-0.2, 0) is 11.2 Å². The van der Waals surface area contributed by atoms with Crippen LogP contribution in [0, 0.1) is 0 Å². The molecule has 2 aromatic rings. The SMILES string of the molecule is CCCOC(=O)c1ccc(-n2nncc2CCN)cc1. The molecule has 2 N–H and O–H groups in total. The first-order valence-electron chi connectivity index (χ1n) is 6.63. The predicted octanol–water partition coefficient (Wildman–Crippen LogP) is 1.34. The molecule has 0 atom stereocenters. The number of carbonyl (C=O) groups is 1. The Morgan fingerprint density at radius 3 is 2.75 bits per heavy atom. The lowest BCUT2D eigenvalue weighted by atomic mass is 10.2. The van der Waals surface area contributed by atoms with Crippen molar-refractivity contribution < 1.29 is 9.53 Å². The van der Waals surface area contributed by atoms with Gasteiger partial charge in [-0.3, -0.25) is 0 Å². The number of ether oxygens (including phenoxy) is 1. The Bertz CT molecular complexity index is 563. The van der Waals surface area contributed by atoms with Gasteiger partial charge in [0.25, 0.3) is 0 Å². The van der Waals surface area contributed by atoms with Gasteiger partial charge in [0, 0.05) is 6.42 Å². The fourth-order valence-electron chi connectivity index (χ4n) is 1.81. The molecule has 1 aromatic carbocycles. The van der Waals surface area contributed by atoms with E-state index in [-0.39, 0.29) is 5.97 Å². The Labute approximate surface area is 117 Å². The van der Waals surface area contributed by atoms with Gasteiger partial charge in [-0.05, 0) is 37.2 Å². The molecule has 0 spiro atoms. The number of benzene rings is 1. The molecule has 106 valence electrons. The topological polar surface area (TPSA) is 83.0 Å². The molecule has 0 amide bonds. The number of hydrogen-bond acceptors (Lipinski definition) is 5. The average Bonchev–Trinajstić information content (AvgIpc) is 2.93. The first-order valence-corrected chi connectivity index (χ1v) is 6.63. The third-order valence-corrected chi connectivity index (χ3v) is 2.81. The predicted molar refractivity (Wildman–Crippen MR) is 74.7 cm³/mol. The van der Waals surface area contributed by atoms with Crippen LogP contribution in [0.3, 0.4) is 0 Å². The van der Waals surface area contributed by atoms with E-state index in [0.29, 0.717) is 25.1 Å². The number of carbonyl (C=O) groups excluding carboxylic acids is 1. The van der Waals surface area contributed by atoms with E-state index < -0.39 is 0 Å². The summed E-state index contributed by atoms with van der Waals surface area (Å²) in [4.78, 5) is 11.7. The van der Waals surface area contributed by atoms with Gasteiger partial charge in [0.2, 0.25) is 0 Å². The molecule has 0 aliphatic heterocycles. The van der Waals surface area contributed by atoms with E-state index in [4.69, 9.17) is 10.5 Å². The summed E-state index contributed by atoms with van der Waals surface area (Å²) in [6.45, 7) is 2.93. The summed E-state index contributed by atoms with van der Waals surface area (Å²) >= 11 is 0. The minimum absolute atomic E-state index is 0.306. The summed E-state index contributed by atoms with van der Waals surface area (Å²) in [6, 6.07) is 7.08. The van der Waals surface area contributed by atoms with E-state index in [1.54, 1.807) is 23.0 Å². The molecule has 20 heavy (non-hydrogen) atoms. The number of rotatable bonds is 6. The van der Waals surface area contributed by atoms with E-state index in [9.17, 15) is 4.79 Å². The summed E-state index contributed by atoms with van der Waals surface area (Å²) in [5.74, 6) is -0.306. The van der Waals surface area contributed by atoms with Gasteiger partial charge in [0.05, 0.1) is 29.7 Å². The summed E-state index contributed by atoms with van der Waals surface area (Å²) in [7, 11) is 0. The van der Waals surface area contributed by atoms with E-state index in [1.807, 2.05) is 19.1 Å². The minimum Gasteiger partial charge on any atom is -0.462 e. The number of nitrogens with two attached hydrogens (primary N) is 1. The number of esters is 1. The Hall–Kier alpha value is -2.21. The fourth-order valence-corrected chi connectivity index (χ4v) is 1.81. The lowest BCUT2D eigenvalue weighted by Crippen LogP contribution is -2.09. The van der Waals surface area contributed by atoms with Crippen LogP contribution in [-0.4, -0.2) is 34.1 Å². The van der Waals surface area contributed by atoms with Crippen molar-refractivity contribution in [2.45, 2.75) is 19.8 Å². The van der Waals surface area contributed by atoms with Gasteiger partial charge in [-0.15, -0.1) is 5.10 Å². The zero-order valence-electron chi connectivity index (χ0n) is 11.5. The maximum absolute atomic E-state index is 11.7. The van der Waals surface area contributed by atoms with Crippen LogP contribution < -0.4 is 5.73 Å². The standard InChI is InChI=1S/C14H18N4O2/c1-2-9-20-14(19)11-3-5-12(6-4-11)18-13(7-8-15)10-16-17-18/h3-6,10H,2,7-9,15H2,1H3. The van der Waals surface area contributed by atoms with Crippen molar-refractivity contribution in [2.24, 2.45) is 5.73 Å². The van der Waals surface area contributed by atoms with Crippen molar-refractivity contribution in [3.05, 3.63) is 41.7 Å². The number of nitrogens with zero attached hydrogens (tertiary/aromatic N) is 3. The quantitative estimate of drug-likeness (QED) is 0.804. The van der Waals surface area contributed by atoms with Crippen LogP contribution in [0.2, 0.25) is 0 Å². The summed E-state index contributed by atoms with van der Waals surface area (Å²) in [5.41, 5.74) is 7.86. The number of hydrogen-bond donors (Lipinski definition) is 1. The van der Waals surface area contributed by atoms with Gasteiger partial charge in [-0.25, -0.2) is 9.48 Å². The zero-order chi connectivity index (χ0) is 14.4. The molecule has 0 aliphatic carbocycles. The van der Waals surface area contributed by atoms with Gasteiger partial charge < -0.3 is 10.5 Å². The second-order valence-electron chi connectivity index (χ2n) is 4.36. The van der Waals surface area contributed by atoms with E-state index in [1.165, 1.54) is 0 Å². The molecule has 0 aliphatic rings. The van der Waals surface area contributed by atoms with Crippen LogP contribution in [0.5, 0.6) is 0 Å². The van der Waals surface area contributed by atoms with Gasteiger partial charge in [0.15, 0.2) is 0 Å². The Morgan fingerprint density at radius 1 is 1.35 bits per heavy atom. The molecule has 0 bridgehead atoms. The van der Waals surface area contributed by atoms with Gasteiger partial charge in [0.1, 0.15) is 0 Å². The largest absolute Gasteiger partial charge is 0.462 e. The minimum atomic E-state index is -0.306. The first kappa shape index (κ1) is 14.2. The molecule has 0 radical (unpaired) electrons.